The van der Waals surface area contributed by atoms with Crippen molar-refractivity contribution in [1.29, 1.82) is 0 Å². The average molecular weight is 505 g/mol. The fourth-order valence-electron chi connectivity index (χ4n) is 3.91. The van der Waals surface area contributed by atoms with Crippen molar-refractivity contribution in [3.8, 4) is 0 Å². The molecule has 2 aromatic rings. The van der Waals surface area contributed by atoms with Gasteiger partial charge in [-0.15, -0.1) is 0 Å². The maximum atomic E-state index is 13.3. The molecule has 35 heavy (non-hydrogen) atoms. The van der Waals surface area contributed by atoms with Crippen molar-refractivity contribution in [2.75, 3.05) is 6.54 Å². The van der Waals surface area contributed by atoms with Gasteiger partial charge >= 0.3 is 0 Å². The van der Waals surface area contributed by atoms with Crippen molar-refractivity contribution in [3.05, 3.63) is 48.2 Å². The number of oxazole rings is 1. The Balaban J connectivity index is 1.84. The van der Waals surface area contributed by atoms with Crippen LogP contribution in [0.2, 0.25) is 0 Å². The van der Waals surface area contributed by atoms with E-state index in [1.165, 1.54) is 18.5 Å². The van der Waals surface area contributed by atoms with Gasteiger partial charge in [0.05, 0.1) is 10.6 Å². The SMILES string of the molecule is CC(C)CC(NS(=O)(=O)c1ccccc1)C(=O)NC1Cc2ncoc2CCCCCNC(=O)C1=O. The first kappa shape index (κ1) is 26.6. The van der Waals surface area contributed by atoms with Gasteiger partial charge < -0.3 is 15.1 Å². The molecule has 1 aromatic heterocycles. The van der Waals surface area contributed by atoms with Gasteiger partial charge in [-0.3, -0.25) is 14.4 Å². The molecule has 0 bridgehead atoms. The molecule has 0 saturated carbocycles. The Labute approximate surface area is 205 Å². The van der Waals surface area contributed by atoms with Crippen molar-refractivity contribution in [1.82, 2.24) is 20.3 Å². The molecule has 3 rings (SSSR count). The lowest BCUT2D eigenvalue weighted by molar-refractivity contribution is -0.140. The number of benzene rings is 1. The van der Waals surface area contributed by atoms with Gasteiger partial charge in [-0.2, -0.15) is 4.72 Å². The van der Waals surface area contributed by atoms with E-state index in [2.05, 4.69) is 20.3 Å². The second-order valence-corrected chi connectivity index (χ2v) is 10.7. The Morgan fingerprint density at radius 3 is 2.63 bits per heavy atom. The third-order valence-corrected chi connectivity index (χ3v) is 7.21. The van der Waals surface area contributed by atoms with Crippen LogP contribution in [-0.4, -0.2) is 49.6 Å². The normalized spacial score (nSPS) is 18.7. The molecule has 0 fully saturated rings. The maximum absolute atomic E-state index is 13.3. The second kappa shape index (κ2) is 12.1. The standard InChI is InChI=1S/C24H32N4O6S/c1-16(2)13-20(28-35(32,33)17-9-5-3-6-10-17)23(30)27-19-14-18-21(34-15-26-18)11-7-4-8-12-25-24(31)22(19)29/h3,5-6,9-10,15-16,19-20,28H,4,7-8,11-14H2,1-2H3,(H,25,31)(H,27,30). The molecule has 1 aromatic carbocycles. The third-order valence-electron chi connectivity index (χ3n) is 5.72. The number of rotatable bonds is 7. The Bertz CT molecular complexity index is 1130. The van der Waals surface area contributed by atoms with E-state index < -0.39 is 39.7 Å². The highest BCUT2D eigenvalue weighted by Crippen LogP contribution is 2.16. The molecule has 2 amide bonds. The first-order valence-electron chi connectivity index (χ1n) is 11.8. The number of fused-ring (bicyclic) bond motifs is 1. The largest absolute Gasteiger partial charge is 0.448 e. The number of nitrogens with one attached hydrogen (secondary N) is 3. The van der Waals surface area contributed by atoms with Gasteiger partial charge in [0.2, 0.25) is 21.7 Å². The van der Waals surface area contributed by atoms with Gasteiger partial charge in [-0.25, -0.2) is 13.4 Å². The number of carbonyl (C=O) groups is 3. The fourth-order valence-corrected chi connectivity index (χ4v) is 5.14. The van der Waals surface area contributed by atoms with Crippen LogP contribution in [0.4, 0.5) is 0 Å². The van der Waals surface area contributed by atoms with E-state index in [0.29, 0.717) is 30.8 Å². The van der Waals surface area contributed by atoms with Crippen LogP contribution in [0.1, 0.15) is 51.0 Å². The molecule has 0 radical (unpaired) electrons. The van der Waals surface area contributed by atoms with Crippen molar-refractivity contribution >= 4 is 27.6 Å². The van der Waals surface area contributed by atoms with Crippen LogP contribution in [0.15, 0.2) is 46.0 Å². The lowest BCUT2D eigenvalue weighted by atomic mass is 10.00. The summed E-state index contributed by atoms with van der Waals surface area (Å²) in [7, 11) is -3.99. The lowest BCUT2D eigenvalue weighted by Crippen LogP contribution is -2.55. The van der Waals surface area contributed by atoms with E-state index in [-0.39, 0.29) is 23.7 Å². The summed E-state index contributed by atoms with van der Waals surface area (Å²) in [5, 5.41) is 5.20. The van der Waals surface area contributed by atoms with Gasteiger partial charge in [-0.1, -0.05) is 38.5 Å². The molecule has 2 atom stereocenters. The minimum Gasteiger partial charge on any atom is -0.448 e. The van der Waals surface area contributed by atoms with Crippen LogP contribution < -0.4 is 15.4 Å². The summed E-state index contributed by atoms with van der Waals surface area (Å²) in [6.07, 6.45) is 4.46. The molecule has 2 unspecified atom stereocenters. The summed E-state index contributed by atoms with van der Waals surface area (Å²) in [6.45, 7) is 4.06. The predicted octanol–water partition coefficient (Wildman–Crippen LogP) is 1.51. The van der Waals surface area contributed by atoms with Crippen LogP contribution >= 0.6 is 0 Å². The number of ketones is 1. The van der Waals surface area contributed by atoms with Crippen molar-refractivity contribution < 1.29 is 27.2 Å². The van der Waals surface area contributed by atoms with Gasteiger partial charge in [0.15, 0.2) is 6.39 Å². The molecule has 0 spiro atoms. The summed E-state index contributed by atoms with van der Waals surface area (Å²) < 4.78 is 33.7. The van der Waals surface area contributed by atoms with Crippen LogP contribution in [0.3, 0.4) is 0 Å². The number of amides is 2. The highest BCUT2D eigenvalue weighted by atomic mass is 32.2. The van der Waals surface area contributed by atoms with Crippen molar-refractivity contribution in [2.24, 2.45) is 5.92 Å². The monoisotopic (exact) mass is 504 g/mol. The zero-order valence-corrected chi connectivity index (χ0v) is 20.8. The van der Waals surface area contributed by atoms with Crippen LogP contribution in [0.25, 0.3) is 0 Å². The van der Waals surface area contributed by atoms with E-state index >= 15 is 0 Å². The number of aromatic nitrogens is 1. The summed E-state index contributed by atoms with van der Waals surface area (Å²) in [5.41, 5.74) is 0.488. The van der Waals surface area contributed by atoms with Gasteiger partial charge in [0.25, 0.3) is 5.91 Å². The topological polar surface area (TPSA) is 147 Å². The molecule has 10 nitrogen and oxygen atoms in total. The Morgan fingerprint density at radius 2 is 1.91 bits per heavy atom. The molecular formula is C24H32N4O6S. The van der Waals surface area contributed by atoms with E-state index in [4.69, 9.17) is 4.42 Å². The Hall–Kier alpha value is -3.05. The fraction of sp³-hybridized carbons (Fsp3) is 0.500. The van der Waals surface area contributed by atoms with E-state index in [1.807, 2.05) is 13.8 Å². The number of hydrogen-bond donors (Lipinski definition) is 3. The highest BCUT2D eigenvalue weighted by Gasteiger charge is 2.33. The third kappa shape index (κ3) is 7.46. The van der Waals surface area contributed by atoms with Crippen LogP contribution in [0, 0.1) is 5.92 Å². The summed E-state index contributed by atoms with van der Waals surface area (Å²) in [6, 6.07) is 5.36. The van der Waals surface area contributed by atoms with Crippen molar-refractivity contribution in [2.45, 2.75) is 69.4 Å². The van der Waals surface area contributed by atoms with Crippen LogP contribution in [-0.2, 0) is 37.2 Å². The van der Waals surface area contributed by atoms with E-state index in [9.17, 15) is 22.8 Å². The van der Waals surface area contributed by atoms with E-state index in [0.717, 1.165) is 12.8 Å². The van der Waals surface area contributed by atoms with Gasteiger partial charge in [0, 0.05) is 19.4 Å². The number of hydrogen-bond acceptors (Lipinski definition) is 7. The highest BCUT2D eigenvalue weighted by molar-refractivity contribution is 7.89. The molecule has 0 aliphatic carbocycles. The molecule has 1 aliphatic rings. The minimum absolute atomic E-state index is 0.0234. The summed E-state index contributed by atoms with van der Waals surface area (Å²) in [5.74, 6) is -1.72. The Kier molecular flexibility index (Phi) is 9.16. The summed E-state index contributed by atoms with van der Waals surface area (Å²) >= 11 is 0. The number of aryl methyl sites for hydroxylation is 1. The molecule has 0 saturated heterocycles. The van der Waals surface area contributed by atoms with Gasteiger partial charge in [-0.05, 0) is 37.3 Å². The smallest absolute Gasteiger partial charge is 0.289 e. The molecule has 1 aliphatic heterocycles. The average Bonchev–Trinajstić information content (AvgIpc) is 3.26. The van der Waals surface area contributed by atoms with Gasteiger partial charge in [0.1, 0.15) is 17.8 Å². The first-order valence-corrected chi connectivity index (χ1v) is 13.3. The molecule has 2 heterocycles. The number of carbonyl (C=O) groups excluding carboxylic acids is 3. The quantitative estimate of drug-likeness (QED) is 0.484. The van der Waals surface area contributed by atoms with Crippen LogP contribution in [0.5, 0.6) is 0 Å². The van der Waals surface area contributed by atoms with E-state index in [1.54, 1.807) is 18.2 Å². The molecule has 3 N–H and O–H groups in total. The maximum Gasteiger partial charge on any atom is 0.289 e. The Morgan fingerprint density at radius 1 is 1.17 bits per heavy atom. The number of Topliss-reactive ketones (excluding diaryl/α,β-unsaturated/α-hetero) is 1. The first-order chi connectivity index (χ1) is 16.7. The molecule has 190 valence electrons. The predicted molar refractivity (Wildman–Crippen MR) is 128 cm³/mol. The minimum atomic E-state index is -3.99. The number of sulfonamides is 1. The zero-order valence-electron chi connectivity index (χ0n) is 20.0. The molecule has 11 heteroatoms. The second-order valence-electron chi connectivity index (χ2n) is 9.03. The number of nitrogens with zero attached hydrogens (tertiary/aromatic N) is 1. The lowest BCUT2D eigenvalue weighted by Gasteiger charge is -2.24. The molecular weight excluding hydrogens is 472 g/mol. The van der Waals surface area contributed by atoms with Crippen molar-refractivity contribution in [3.63, 3.8) is 0 Å². The zero-order chi connectivity index (χ0) is 25.4. The summed E-state index contributed by atoms with van der Waals surface area (Å²) in [4.78, 5) is 42.9.